The van der Waals surface area contributed by atoms with Crippen LogP contribution in [0.3, 0.4) is 0 Å². The zero-order chi connectivity index (χ0) is 12.3. The van der Waals surface area contributed by atoms with Gasteiger partial charge in [-0.05, 0) is 25.7 Å². The Bertz CT molecular complexity index is 235. The SMILES string of the molecule is CC1CN(C(=O)CCC(C)(C)C)CC(C)N1. The van der Waals surface area contributed by atoms with Crippen molar-refractivity contribution in [3.05, 3.63) is 0 Å². The Labute approximate surface area is 99.6 Å². The van der Waals surface area contributed by atoms with E-state index in [1.165, 1.54) is 0 Å². The van der Waals surface area contributed by atoms with Gasteiger partial charge < -0.3 is 10.2 Å². The monoisotopic (exact) mass is 226 g/mol. The summed E-state index contributed by atoms with van der Waals surface area (Å²) in [7, 11) is 0. The predicted molar refractivity (Wildman–Crippen MR) is 67.3 cm³/mol. The first-order valence-corrected chi connectivity index (χ1v) is 6.32. The summed E-state index contributed by atoms with van der Waals surface area (Å²) in [6.45, 7) is 12.5. The van der Waals surface area contributed by atoms with Gasteiger partial charge in [0.1, 0.15) is 0 Å². The number of carbonyl (C=O) groups excluding carboxylic acids is 1. The van der Waals surface area contributed by atoms with Crippen molar-refractivity contribution < 1.29 is 4.79 Å². The van der Waals surface area contributed by atoms with E-state index < -0.39 is 0 Å². The standard InChI is InChI=1S/C13H26N2O/c1-10-8-15(9-11(2)14-10)12(16)6-7-13(3,4)5/h10-11,14H,6-9H2,1-5H3. The zero-order valence-electron chi connectivity index (χ0n) is 11.3. The van der Waals surface area contributed by atoms with E-state index in [4.69, 9.17) is 0 Å². The summed E-state index contributed by atoms with van der Waals surface area (Å²) in [6.07, 6.45) is 1.65. The maximum atomic E-state index is 12.0. The van der Waals surface area contributed by atoms with Crippen molar-refractivity contribution >= 4 is 5.91 Å². The van der Waals surface area contributed by atoms with E-state index in [9.17, 15) is 4.79 Å². The van der Waals surface area contributed by atoms with Crippen LogP contribution in [-0.2, 0) is 4.79 Å². The van der Waals surface area contributed by atoms with Gasteiger partial charge in [0.05, 0.1) is 0 Å². The fourth-order valence-corrected chi connectivity index (χ4v) is 2.17. The van der Waals surface area contributed by atoms with Crippen LogP contribution in [0, 0.1) is 5.41 Å². The van der Waals surface area contributed by atoms with Crippen LogP contribution in [0.5, 0.6) is 0 Å². The molecule has 2 unspecified atom stereocenters. The molecule has 1 aliphatic heterocycles. The van der Waals surface area contributed by atoms with Crippen LogP contribution in [0.15, 0.2) is 0 Å². The molecule has 0 aromatic carbocycles. The highest BCUT2D eigenvalue weighted by Crippen LogP contribution is 2.21. The number of nitrogens with zero attached hydrogens (tertiary/aromatic N) is 1. The normalized spacial score (nSPS) is 26.9. The minimum atomic E-state index is 0.251. The van der Waals surface area contributed by atoms with Crippen molar-refractivity contribution in [1.82, 2.24) is 10.2 Å². The molecule has 0 bridgehead atoms. The van der Waals surface area contributed by atoms with Gasteiger partial charge in [0.2, 0.25) is 5.91 Å². The van der Waals surface area contributed by atoms with Crippen LogP contribution >= 0.6 is 0 Å². The molecule has 0 aliphatic carbocycles. The van der Waals surface area contributed by atoms with Crippen LogP contribution in [0.4, 0.5) is 0 Å². The molecule has 2 atom stereocenters. The molecule has 0 spiro atoms. The molecule has 1 fully saturated rings. The molecule has 1 amide bonds. The topological polar surface area (TPSA) is 32.3 Å². The number of piperazine rings is 1. The lowest BCUT2D eigenvalue weighted by Gasteiger charge is -2.36. The summed E-state index contributed by atoms with van der Waals surface area (Å²) >= 11 is 0. The second kappa shape index (κ2) is 5.17. The molecule has 94 valence electrons. The Morgan fingerprint density at radius 1 is 1.25 bits per heavy atom. The fraction of sp³-hybridized carbons (Fsp3) is 0.923. The van der Waals surface area contributed by atoms with Crippen LogP contribution < -0.4 is 5.32 Å². The second-order valence-corrected chi connectivity index (χ2v) is 6.33. The highest BCUT2D eigenvalue weighted by atomic mass is 16.2. The first-order valence-electron chi connectivity index (χ1n) is 6.32. The average Bonchev–Trinajstić information content (AvgIpc) is 2.11. The summed E-state index contributed by atoms with van der Waals surface area (Å²) < 4.78 is 0. The Kier molecular flexibility index (Phi) is 4.36. The van der Waals surface area contributed by atoms with E-state index in [0.29, 0.717) is 24.4 Å². The van der Waals surface area contributed by atoms with Crippen LogP contribution in [0.25, 0.3) is 0 Å². The van der Waals surface area contributed by atoms with Gasteiger partial charge in [0.15, 0.2) is 0 Å². The van der Waals surface area contributed by atoms with E-state index >= 15 is 0 Å². The minimum absolute atomic E-state index is 0.251. The predicted octanol–water partition coefficient (Wildman–Crippen LogP) is 2.02. The quantitative estimate of drug-likeness (QED) is 0.781. The second-order valence-electron chi connectivity index (χ2n) is 6.33. The Balaban J connectivity index is 2.41. The van der Waals surface area contributed by atoms with Crippen molar-refractivity contribution in [2.45, 2.75) is 59.5 Å². The van der Waals surface area contributed by atoms with Gasteiger partial charge in [-0.15, -0.1) is 0 Å². The Hall–Kier alpha value is -0.570. The van der Waals surface area contributed by atoms with Crippen LogP contribution in [0.1, 0.15) is 47.5 Å². The molecule has 0 aromatic rings. The highest BCUT2D eigenvalue weighted by molar-refractivity contribution is 5.76. The zero-order valence-corrected chi connectivity index (χ0v) is 11.3. The molecular formula is C13H26N2O. The lowest BCUT2D eigenvalue weighted by molar-refractivity contribution is -0.133. The molecule has 0 radical (unpaired) electrons. The maximum absolute atomic E-state index is 12.0. The van der Waals surface area contributed by atoms with Crippen molar-refractivity contribution in [1.29, 1.82) is 0 Å². The van der Waals surface area contributed by atoms with E-state index in [1.54, 1.807) is 0 Å². The lowest BCUT2D eigenvalue weighted by atomic mass is 9.90. The van der Waals surface area contributed by atoms with Gasteiger partial charge in [0.25, 0.3) is 0 Å². The Morgan fingerprint density at radius 2 is 1.75 bits per heavy atom. The van der Waals surface area contributed by atoms with Crippen molar-refractivity contribution in [2.24, 2.45) is 5.41 Å². The molecule has 3 nitrogen and oxygen atoms in total. The molecule has 1 N–H and O–H groups in total. The minimum Gasteiger partial charge on any atom is -0.340 e. The summed E-state index contributed by atoms with van der Waals surface area (Å²) in [5.74, 6) is 0.315. The first kappa shape index (κ1) is 13.5. The molecule has 16 heavy (non-hydrogen) atoms. The number of rotatable bonds is 2. The molecule has 1 heterocycles. The number of nitrogens with one attached hydrogen (secondary N) is 1. The summed E-state index contributed by atoms with van der Waals surface area (Å²) in [5.41, 5.74) is 0.251. The van der Waals surface area contributed by atoms with Crippen LogP contribution in [0.2, 0.25) is 0 Å². The number of hydrogen-bond donors (Lipinski definition) is 1. The third-order valence-electron chi connectivity index (χ3n) is 3.00. The first-order chi connectivity index (χ1) is 7.28. The fourth-order valence-electron chi connectivity index (χ4n) is 2.17. The molecule has 0 saturated carbocycles. The van der Waals surface area contributed by atoms with E-state index in [0.717, 1.165) is 19.5 Å². The van der Waals surface area contributed by atoms with Crippen molar-refractivity contribution in [3.8, 4) is 0 Å². The third-order valence-corrected chi connectivity index (χ3v) is 3.00. The van der Waals surface area contributed by atoms with Crippen molar-refractivity contribution in [3.63, 3.8) is 0 Å². The van der Waals surface area contributed by atoms with Gasteiger partial charge in [-0.3, -0.25) is 4.79 Å². The van der Waals surface area contributed by atoms with E-state index in [2.05, 4.69) is 39.9 Å². The molecule has 1 rings (SSSR count). The van der Waals surface area contributed by atoms with Gasteiger partial charge in [0, 0.05) is 31.6 Å². The molecule has 0 aromatic heterocycles. The Morgan fingerprint density at radius 3 is 2.19 bits per heavy atom. The summed E-state index contributed by atoms with van der Waals surface area (Å²) in [5, 5.41) is 3.44. The van der Waals surface area contributed by atoms with Crippen molar-refractivity contribution in [2.75, 3.05) is 13.1 Å². The maximum Gasteiger partial charge on any atom is 0.222 e. The number of amides is 1. The molecule has 1 aliphatic rings. The number of hydrogen-bond acceptors (Lipinski definition) is 2. The highest BCUT2D eigenvalue weighted by Gasteiger charge is 2.25. The van der Waals surface area contributed by atoms with E-state index in [1.807, 2.05) is 4.90 Å². The summed E-state index contributed by atoms with van der Waals surface area (Å²) in [6, 6.07) is 0.838. The lowest BCUT2D eigenvalue weighted by Crippen LogP contribution is -2.55. The van der Waals surface area contributed by atoms with Gasteiger partial charge in [-0.25, -0.2) is 0 Å². The smallest absolute Gasteiger partial charge is 0.222 e. The largest absolute Gasteiger partial charge is 0.340 e. The van der Waals surface area contributed by atoms with Crippen LogP contribution in [-0.4, -0.2) is 36.0 Å². The average molecular weight is 226 g/mol. The van der Waals surface area contributed by atoms with E-state index in [-0.39, 0.29) is 5.41 Å². The van der Waals surface area contributed by atoms with Gasteiger partial charge in [-0.2, -0.15) is 0 Å². The van der Waals surface area contributed by atoms with Gasteiger partial charge >= 0.3 is 0 Å². The molecule has 1 saturated heterocycles. The summed E-state index contributed by atoms with van der Waals surface area (Å²) in [4.78, 5) is 14.0. The van der Waals surface area contributed by atoms with Gasteiger partial charge in [-0.1, -0.05) is 20.8 Å². The number of carbonyl (C=O) groups is 1. The molecular weight excluding hydrogens is 200 g/mol. The third kappa shape index (κ3) is 4.52. The molecule has 3 heteroatoms.